The maximum absolute atomic E-state index is 14.3. The number of aromatic nitrogens is 1. The van der Waals surface area contributed by atoms with Gasteiger partial charge in [-0.25, -0.2) is 9.98 Å². The van der Waals surface area contributed by atoms with Gasteiger partial charge in [0.2, 0.25) is 35.4 Å². The van der Waals surface area contributed by atoms with Crippen LogP contribution < -0.4 is 55.3 Å². The van der Waals surface area contributed by atoms with E-state index in [0.29, 0.717) is 36.8 Å². The number of aldehydes is 1. The van der Waals surface area contributed by atoms with E-state index in [1.807, 2.05) is 24.3 Å². The van der Waals surface area contributed by atoms with Gasteiger partial charge in [-0.3, -0.25) is 33.8 Å². The van der Waals surface area contributed by atoms with Crippen LogP contribution in [0.1, 0.15) is 43.2 Å². The SMILES string of the molecule is NCCCC[C@H](NC(=O)[C@H](Cc1c[nH]c2ccccc12)NC(=O)[C@H](C=CCN=C(N)N)NC(=O)[C@@H](Cc1ccccc1)NC(=O)[C@H](CC1C=NC=N1)NC(=O)[C@@H](N)CC=O)C(N)=O. The number of amides is 6. The van der Waals surface area contributed by atoms with Crippen LogP contribution in [0.25, 0.3) is 10.9 Å². The highest BCUT2D eigenvalue weighted by molar-refractivity contribution is 5.98. The van der Waals surface area contributed by atoms with E-state index in [0.717, 1.165) is 10.9 Å². The van der Waals surface area contributed by atoms with Crippen LogP contribution in [-0.4, -0.2) is 121 Å². The Labute approximate surface area is 363 Å². The molecular formula is C42H56N14O7. The lowest BCUT2D eigenvalue weighted by Gasteiger charge is -2.27. The Bertz CT molecular complexity index is 2160. The van der Waals surface area contributed by atoms with Gasteiger partial charge in [0, 0.05) is 49.0 Å². The molecule has 7 atom stereocenters. The van der Waals surface area contributed by atoms with Crippen molar-refractivity contribution in [3.8, 4) is 0 Å². The van der Waals surface area contributed by atoms with Crippen LogP contribution in [0.4, 0.5) is 0 Å². The molecule has 0 radical (unpaired) electrons. The van der Waals surface area contributed by atoms with Gasteiger partial charge in [-0.2, -0.15) is 0 Å². The molecule has 16 N–H and O–H groups in total. The highest BCUT2D eigenvalue weighted by Crippen LogP contribution is 2.20. The number of hydrogen-bond donors (Lipinski definition) is 11. The van der Waals surface area contributed by atoms with Gasteiger partial charge in [-0.15, -0.1) is 0 Å². The average Bonchev–Trinajstić information content (AvgIpc) is 3.94. The van der Waals surface area contributed by atoms with Gasteiger partial charge in [-0.1, -0.05) is 60.7 Å². The number of unbranched alkanes of at least 4 members (excludes halogenated alkanes) is 1. The van der Waals surface area contributed by atoms with Gasteiger partial charge in [0.05, 0.1) is 18.6 Å². The number of rotatable bonds is 26. The second kappa shape index (κ2) is 24.9. The number of nitrogens with one attached hydrogen (secondary N) is 6. The van der Waals surface area contributed by atoms with Crippen molar-refractivity contribution in [2.75, 3.05) is 13.1 Å². The number of nitrogens with zero attached hydrogens (tertiary/aromatic N) is 3. The predicted molar refractivity (Wildman–Crippen MR) is 238 cm³/mol. The van der Waals surface area contributed by atoms with Gasteiger partial charge < -0.3 is 65.0 Å². The zero-order valence-electron chi connectivity index (χ0n) is 34.7. The summed E-state index contributed by atoms with van der Waals surface area (Å²) in [5, 5.41) is 14.1. The zero-order chi connectivity index (χ0) is 45.7. The number of fused-ring (bicyclic) bond motifs is 1. The van der Waals surface area contributed by atoms with Gasteiger partial charge in [0.1, 0.15) is 42.8 Å². The van der Waals surface area contributed by atoms with Crippen molar-refractivity contribution in [3.63, 3.8) is 0 Å². The number of nitrogens with two attached hydrogens (primary N) is 5. The van der Waals surface area contributed by atoms with E-state index in [4.69, 9.17) is 28.7 Å². The van der Waals surface area contributed by atoms with Crippen LogP contribution >= 0.6 is 0 Å². The number of carbonyl (C=O) groups is 7. The number of primary amides is 1. The zero-order valence-corrected chi connectivity index (χ0v) is 34.7. The summed E-state index contributed by atoms with van der Waals surface area (Å²) in [6.45, 7) is 0.284. The molecule has 2 aromatic carbocycles. The van der Waals surface area contributed by atoms with Crippen molar-refractivity contribution in [1.29, 1.82) is 0 Å². The van der Waals surface area contributed by atoms with E-state index in [-0.39, 0.29) is 44.6 Å². The van der Waals surface area contributed by atoms with E-state index in [9.17, 15) is 33.6 Å². The van der Waals surface area contributed by atoms with Gasteiger partial charge in [0.25, 0.3) is 0 Å². The van der Waals surface area contributed by atoms with E-state index < -0.39 is 77.7 Å². The quantitative estimate of drug-likeness (QED) is 0.0133. The monoisotopic (exact) mass is 868 g/mol. The van der Waals surface area contributed by atoms with Crippen molar-refractivity contribution < 1.29 is 33.6 Å². The first-order chi connectivity index (χ1) is 30.3. The largest absolute Gasteiger partial charge is 0.370 e. The molecule has 6 amide bonds. The summed E-state index contributed by atoms with van der Waals surface area (Å²) in [6.07, 6.45) is 8.52. The summed E-state index contributed by atoms with van der Waals surface area (Å²) in [6, 6.07) is 7.75. The van der Waals surface area contributed by atoms with Crippen LogP contribution in [-0.2, 0) is 46.4 Å². The number of para-hydroxylation sites is 1. The average molecular weight is 869 g/mol. The number of aliphatic imine (C=N–C) groups is 3. The third kappa shape index (κ3) is 15.6. The molecule has 2 heterocycles. The lowest BCUT2D eigenvalue weighted by atomic mass is 10.0. The summed E-state index contributed by atoms with van der Waals surface area (Å²) in [5.41, 5.74) is 30.2. The highest BCUT2D eigenvalue weighted by Gasteiger charge is 2.33. The Morgan fingerprint density at radius 2 is 1.43 bits per heavy atom. The Balaban J connectivity index is 1.66. The van der Waals surface area contributed by atoms with E-state index >= 15 is 0 Å². The highest BCUT2D eigenvalue weighted by atomic mass is 16.2. The molecule has 3 aromatic rings. The molecule has 1 unspecified atom stereocenters. The summed E-state index contributed by atoms with van der Waals surface area (Å²) < 4.78 is 0. The minimum absolute atomic E-state index is 0.0414. The minimum Gasteiger partial charge on any atom is -0.370 e. The lowest BCUT2D eigenvalue weighted by molar-refractivity contribution is -0.134. The number of benzene rings is 2. The normalized spacial score (nSPS) is 15.9. The maximum Gasteiger partial charge on any atom is 0.247 e. The first-order valence-electron chi connectivity index (χ1n) is 20.4. The molecule has 0 spiro atoms. The van der Waals surface area contributed by atoms with Crippen molar-refractivity contribution in [1.82, 2.24) is 31.6 Å². The van der Waals surface area contributed by atoms with Crippen LogP contribution in [0.15, 0.2) is 87.9 Å². The Kier molecular flexibility index (Phi) is 19.1. The fraction of sp³-hybridized carbons (Fsp3) is 0.381. The van der Waals surface area contributed by atoms with Gasteiger partial charge in [0.15, 0.2) is 5.96 Å². The first-order valence-corrected chi connectivity index (χ1v) is 20.4. The third-order valence-corrected chi connectivity index (χ3v) is 9.92. The van der Waals surface area contributed by atoms with Gasteiger partial charge >= 0.3 is 0 Å². The summed E-state index contributed by atoms with van der Waals surface area (Å²) >= 11 is 0. The molecule has 63 heavy (non-hydrogen) atoms. The van der Waals surface area contributed by atoms with E-state index in [2.05, 4.69) is 46.5 Å². The number of aromatic amines is 1. The molecule has 1 aliphatic rings. The van der Waals surface area contributed by atoms with Crippen LogP contribution in [0.3, 0.4) is 0 Å². The molecule has 1 aliphatic heterocycles. The maximum atomic E-state index is 14.3. The predicted octanol–water partition coefficient (Wildman–Crippen LogP) is -2.39. The molecule has 0 saturated carbocycles. The minimum atomic E-state index is -1.49. The molecule has 4 rings (SSSR count). The van der Waals surface area contributed by atoms with E-state index in [1.165, 1.54) is 24.7 Å². The van der Waals surface area contributed by atoms with Crippen molar-refractivity contribution in [2.24, 2.45) is 43.6 Å². The van der Waals surface area contributed by atoms with Crippen LogP contribution in [0.2, 0.25) is 0 Å². The number of hydrogen-bond acceptors (Lipinski definition) is 12. The van der Waals surface area contributed by atoms with Crippen molar-refractivity contribution >= 4 is 71.1 Å². The molecule has 0 saturated heterocycles. The van der Waals surface area contributed by atoms with Crippen LogP contribution in [0, 0.1) is 0 Å². The number of H-pyrrole nitrogens is 1. The fourth-order valence-electron chi connectivity index (χ4n) is 6.57. The molecule has 0 aliphatic carbocycles. The third-order valence-electron chi connectivity index (χ3n) is 9.92. The van der Waals surface area contributed by atoms with E-state index in [1.54, 1.807) is 36.5 Å². The Morgan fingerprint density at radius 3 is 2.11 bits per heavy atom. The molecule has 0 bridgehead atoms. The molecule has 21 nitrogen and oxygen atoms in total. The van der Waals surface area contributed by atoms with Crippen molar-refractivity contribution in [3.05, 3.63) is 84.1 Å². The Hall–Kier alpha value is -7.26. The first kappa shape index (κ1) is 48.4. The fourth-order valence-corrected chi connectivity index (χ4v) is 6.57. The van der Waals surface area contributed by atoms with Crippen LogP contribution in [0.5, 0.6) is 0 Å². The molecule has 0 fully saturated rings. The van der Waals surface area contributed by atoms with Gasteiger partial charge in [-0.05, 0) is 43.0 Å². The summed E-state index contributed by atoms with van der Waals surface area (Å²) in [7, 11) is 0. The topological polar surface area (TPSA) is 363 Å². The number of guanidine groups is 1. The molecule has 21 heteroatoms. The van der Waals surface area contributed by atoms with Crippen molar-refractivity contribution in [2.45, 2.75) is 87.2 Å². The Morgan fingerprint density at radius 1 is 0.778 bits per heavy atom. The summed E-state index contributed by atoms with van der Waals surface area (Å²) in [5.74, 6) is -4.96. The lowest BCUT2D eigenvalue weighted by Crippen LogP contribution is -2.60. The second-order valence-corrected chi connectivity index (χ2v) is 14.7. The molecule has 1 aromatic heterocycles. The summed E-state index contributed by atoms with van der Waals surface area (Å²) in [4.78, 5) is 108. The second-order valence-electron chi connectivity index (χ2n) is 14.7. The number of carbonyl (C=O) groups excluding carboxylic acids is 7. The standard InChI is InChI=1S/C42H56N14O7/c43-16-7-6-13-31(36(45)58)52-40(62)34(20-26-22-50-30-12-5-4-11-28(26)30)56-38(60)32(14-8-17-49-42(46)47)53-39(61)33(19-25-9-2-1-3-10-25)55-41(63)35(21-27-23-48-24-51-27)54-37(59)29(44)15-18-57/h1-5,8-12,14,18,22-24,27,29,31-35,50H,6-7,13,15-17,19-21,43-44H2,(H2,45,58)(H,52,62)(H,53,61)(H,54,59)(H,55,63)(H,56,60)(H4,46,47,49)/t27?,29-,31-,32-,33+,34-,35-/m0/s1. The molecular weight excluding hydrogens is 813 g/mol. The molecule has 336 valence electrons. The smallest absolute Gasteiger partial charge is 0.247 e.